The minimum atomic E-state index is -0.101. The highest BCUT2D eigenvalue weighted by atomic mass is 79.9. The van der Waals surface area contributed by atoms with Crippen molar-refractivity contribution < 1.29 is 14.9 Å². The van der Waals surface area contributed by atoms with Gasteiger partial charge in [0, 0.05) is 6.61 Å². The van der Waals surface area contributed by atoms with E-state index in [9.17, 15) is 10.2 Å². The van der Waals surface area contributed by atoms with Crippen molar-refractivity contribution in [2.45, 2.75) is 40.0 Å². The Labute approximate surface area is 147 Å². The number of hydrogen-bond acceptors (Lipinski definition) is 3. The molecule has 4 heteroatoms. The van der Waals surface area contributed by atoms with Crippen molar-refractivity contribution in [1.29, 1.82) is 0 Å². The molecule has 0 aromatic heterocycles. The Balaban J connectivity index is 2.31. The Morgan fingerprint density at radius 1 is 1.35 bits per heavy atom. The van der Waals surface area contributed by atoms with E-state index in [1.807, 2.05) is 6.07 Å². The van der Waals surface area contributed by atoms with Crippen LogP contribution < -0.4 is 4.74 Å². The van der Waals surface area contributed by atoms with Crippen LogP contribution in [0.3, 0.4) is 0 Å². The fourth-order valence-electron chi connectivity index (χ4n) is 4.17. The van der Waals surface area contributed by atoms with Gasteiger partial charge in [-0.15, -0.1) is 0 Å². The van der Waals surface area contributed by atoms with Crippen molar-refractivity contribution in [3.8, 4) is 11.5 Å². The Morgan fingerprint density at radius 2 is 2.00 bits per heavy atom. The quantitative estimate of drug-likeness (QED) is 0.742. The van der Waals surface area contributed by atoms with Gasteiger partial charge in [0.05, 0.1) is 11.6 Å². The maximum absolute atomic E-state index is 10.3. The summed E-state index contributed by atoms with van der Waals surface area (Å²) in [5, 5.41) is 20.0. The molecule has 0 spiro atoms. The number of ether oxygens (including phenoxy) is 1. The highest BCUT2D eigenvalue weighted by Gasteiger charge is 2.44. The molecular formula is C19H27BrO3. The van der Waals surface area contributed by atoms with Gasteiger partial charge in [-0.2, -0.15) is 0 Å². The summed E-state index contributed by atoms with van der Waals surface area (Å²) in [7, 11) is 1.62. The van der Waals surface area contributed by atoms with Crippen LogP contribution in [0.1, 0.15) is 39.2 Å². The number of aliphatic hydroxyl groups is 1. The lowest BCUT2D eigenvalue weighted by Gasteiger charge is -2.48. The lowest BCUT2D eigenvalue weighted by atomic mass is 9.56. The number of methoxy groups -OCH3 is 1. The smallest absolute Gasteiger partial charge is 0.133 e. The van der Waals surface area contributed by atoms with Gasteiger partial charge in [-0.25, -0.2) is 0 Å². The second-order valence-electron chi connectivity index (χ2n) is 7.84. The standard InChI is InChI=1S/C19H27BrO3/c1-12-9-19(4,11-21)10-18(2,3)14(12)6-13-7-17(23-5)15(20)8-16(13)22/h7-8,14,21-22H,1,6,9-11H2,2-5H3. The van der Waals surface area contributed by atoms with Crippen LogP contribution in [0, 0.1) is 16.7 Å². The van der Waals surface area contributed by atoms with Crippen molar-refractivity contribution in [3.05, 3.63) is 34.3 Å². The molecule has 0 saturated heterocycles. The number of phenols is 1. The fraction of sp³-hybridized carbons (Fsp3) is 0.579. The molecule has 2 atom stereocenters. The molecule has 1 aromatic carbocycles. The molecule has 23 heavy (non-hydrogen) atoms. The van der Waals surface area contributed by atoms with E-state index in [4.69, 9.17) is 4.74 Å². The van der Waals surface area contributed by atoms with Crippen LogP contribution in [0.25, 0.3) is 0 Å². The molecule has 0 amide bonds. The number of rotatable bonds is 4. The molecule has 128 valence electrons. The molecular weight excluding hydrogens is 356 g/mol. The lowest BCUT2D eigenvalue weighted by Crippen LogP contribution is -2.41. The van der Waals surface area contributed by atoms with E-state index in [-0.39, 0.29) is 29.1 Å². The van der Waals surface area contributed by atoms with E-state index < -0.39 is 0 Å². The summed E-state index contributed by atoms with van der Waals surface area (Å²) in [6.07, 6.45) is 2.49. The second-order valence-corrected chi connectivity index (χ2v) is 8.70. The van der Waals surface area contributed by atoms with Gasteiger partial charge in [-0.1, -0.05) is 32.9 Å². The number of aliphatic hydroxyl groups excluding tert-OH is 1. The van der Waals surface area contributed by atoms with Crippen LogP contribution in [-0.4, -0.2) is 23.9 Å². The van der Waals surface area contributed by atoms with Crippen molar-refractivity contribution in [2.24, 2.45) is 16.7 Å². The predicted octanol–water partition coefficient (Wildman–Crippen LogP) is 4.70. The van der Waals surface area contributed by atoms with Crippen LogP contribution >= 0.6 is 15.9 Å². The fourth-order valence-corrected chi connectivity index (χ4v) is 4.66. The molecule has 1 aliphatic rings. The number of halogens is 1. The average molecular weight is 383 g/mol. The lowest BCUT2D eigenvalue weighted by molar-refractivity contribution is 0.0332. The summed E-state index contributed by atoms with van der Waals surface area (Å²) in [5.41, 5.74) is 1.94. The summed E-state index contributed by atoms with van der Waals surface area (Å²) in [5.74, 6) is 1.26. The zero-order valence-electron chi connectivity index (χ0n) is 14.4. The third-order valence-electron chi connectivity index (χ3n) is 5.13. The van der Waals surface area contributed by atoms with Gasteiger partial charge in [0.2, 0.25) is 0 Å². The Kier molecular flexibility index (Phi) is 5.17. The van der Waals surface area contributed by atoms with Gasteiger partial charge in [0.1, 0.15) is 11.5 Å². The van der Waals surface area contributed by atoms with Gasteiger partial charge in [0.25, 0.3) is 0 Å². The highest BCUT2D eigenvalue weighted by molar-refractivity contribution is 9.10. The summed E-state index contributed by atoms with van der Waals surface area (Å²) in [6, 6.07) is 3.58. The van der Waals surface area contributed by atoms with Crippen LogP contribution in [0.5, 0.6) is 11.5 Å². The maximum atomic E-state index is 10.3. The van der Waals surface area contributed by atoms with E-state index in [1.165, 1.54) is 0 Å². The Morgan fingerprint density at radius 3 is 2.52 bits per heavy atom. The summed E-state index contributed by atoms with van der Waals surface area (Å²) in [4.78, 5) is 0. The zero-order chi connectivity index (χ0) is 17.4. The van der Waals surface area contributed by atoms with Gasteiger partial charge in [-0.3, -0.25) is 0 Å². The van der Waals surface area contributed by atoms with Gasteiger partial charge >= 0.3 is 0 Å². The zero-order valence-corrected chi connectivity index (χ0v) is 16.0. The first-order chi connectivity index (χ1) is 10.6. The molecule has 2 unspecified atom stereocenters. The highest BCUT2D eigenvalue weighted by Crippen LogP contribution is 2.52. The van der Waals surface area contributed by atoms with E-state index in [1.54, 1.807) is 13.2 Å². The largest absolute Gasteiger partial charge is 0.508 e. The maximum Gasteiger partial charge on any atom is 0.133 e. The molecule has 3 nitrogen and oxygen atoms in total. The molecule has 1 fully saturated rings. The van der Waals surface area contributed by atoms with E-state index in [0.29, 0.717) is 0 Å². The molecule has 1 aromatic rings. The molecule has 0 bridgehead atoms. The first kappa shape index (κ1) is 18.3. The second kappa shape index (κ2) is 6.48. The van der Waals surface area contributed by atoms with Crippen molar-refractivity contribution in [2.75, 3.05) is 13.7 Å². The van der Waals surface area contributed by atoms with Gasteiger partial charge in [-0.05, 0) is 69.6 Å². The van der Waals surface area contributed by atoms with Gasteiger partial charge in [0.15, 0.2) is 0 Å². The first-order valence-electron chi connectivity index (χ1n) is 7.96. The van der Waals surface area contributed by atoms with Crippen molar-refractivity contribution in [3.63, 3.8) is 0 Å². The third-order valence-corrected chi connectivity index (χ3v) is 5.75. The average Bonchev–Trinajstić information content (AvgIpc) is 2.44. The number of hydrogen-bond donors (Lipinski definition) is 2. The normalized spacial score (nSPS) is 27.0. The Hall–Kier alpha value is -1.00. The molecule has 2 N–H and O–H groups in total. The summed E-state index contributed by atoms with van der Waals surface area (Å²) >= 11 is 3.39. The van der Waals surface area contributed by atoms with E-state index in [2.05, 4.69) is 43.3 Å². The number of benzene rings is 1. The predicted molar refractivity (Wildman–Crippen MR) is 96.9 cm³/mol. The first-order valence-corrected chi connectivity index (χ1v) is 8.75. The molecule has 1 saturated carbocycles. The topological polar surface area (TPSA) is 49.7 Å². The molecule has 0 aliphatic heterocycles. The van der Waals surface area contributed by atoms with Crippen LogP contribution in [-0.2, 0) is 6.42 Å². The van der Waals surface area contributed by atoms with E-state index >= 15 is 0 Å². The van der Waals surface area contributed by atoms with Crippen LogP contribution in [0.2, 0.25) is 0 Å². The minimum absolute atomic E-state index is 0.0135. The summed E-state index contributed by atoms with van der Waals surface area (Å²) in [6.45, 7) is 11.0. The van der Waals surface area contributed by atoms with Crippen molar-refractivity contribution in [1.82, 2.24) is 0 Å². The van der Waals surface area contributed by atoms with E-state index in [0.717, 1.165) is 40.6 Å². The molecule has 0 heterocycles. The molecule has 2 rings (SSSR count). The van der Waals surface area contributed by atoms with Crippen LogP contribution in [0.4, 0.5) is 0 Å². The molecule has 1 aliphatic carbocycles. The Bertz CT molecular complexity index is 609. The number of aromatic hydroxyl groups is 1. The monoisotopic (exact) mass is 382 g/mol. The number of phenolic OH excluding ortho intramolecular Hbond substituents is 1. The van der Waals surface area contributed by atoms with Crippen molar-refractivity contribution >= 4 is 15.9 Å². The molecule has 0 radical (unpaired) electrons. The minimum Gasteiger partial charge on any atom is -0.508 e. The third kappa shape index (κ3) is 3.74. The summed E-state index contributed by atoms with van der Waals surface area (Å²) < 4.78 is 6.09. The van der Waals surface area contributed by atoms with Crippen LogP contribution in [0.15, 0.2) is 28.8 Å². The SMILES string of the molecule is C=C1CC(C)(CO)CC(C)(C)C1Cc1cc(OC)c(Br)cc1O. The van der Waals surface area contributed by atoms with Gasteiger partial charge < -0.3 is 14.9 Å². The number of allylic oxidation sites excluding steroid dienone is 1.